The molecule has 0 radical (unpaired) electrons. The van der Waals surface area contributed by atoms with E-state index in [-0.39, 0.29) is 0 Å². The lowest BCUT2D eigenvalue weighted by atomic mass is 10.1. The van der Waals surface area contributed by atoms with Crippen LogP contribution in [0.25, 0.3) is 11.3 Å². The summed E-state index contributed by atoms with van der Waals surface area (Å²) in [6.07, 6.45) is 1.66. The van der Waals surface area contributed by atoms with Gasteiger partial charge in [0.2, 0.25) is 0 Å². The highest BCUT2D eigenvalue weighted by Crippen LogP contribution is 2.40. The number of rotatable bonds is 4. The number of methoxy groups -OCH3 is 3. The van der Waals surface area contributed by atoms with Crippen molar-refractivity contribution >= 4 is 15.9 Å². The van der Waals surface area contributed by atoms with Crippen LogP contribution in [0.5, 0.6) is 17.2 Å². The summed E-state index contributed by atoms with van der Waals surface area (Å²) in [5.74, 6) is 1.91. The fourth-order valence-corrected chi connectivity index (χ4v) is 2.04. The van der Waals surface area contributed by atoms with Crippen molar-refractivity contribution in [2.75, 3.05) is 21.3 Å². The van der Waals surface area contributed by atoms with Gasteiger partial charge in [-0.1, -0.05) is 0 Å². The Morgan fingerprint density at radius 2 is 1.63 bits per heavy atom. The van der Waals surface area contributed by atoms with E-state index in [0.29, 0.717) is 27.7 Å². The molecule has 6 heteroatoms. The van der Waals surface area contributed by atoms with E-state index >= 15 is 0 Å². The van der Waals surface area contributed by atoms with Gasteiger partial charge in [0.05, 0.1) is 32.6 Å². The van der Waals surface area contributed by atoms with E-state index in [1.165, 1.54) is 0 Å². The predicted molar refractivity (Wildman–Crippen MR) is 74.8 cm³/mol. The molecular weight excluding hydrogens is 312 g/mol. The molecule has 0 saturated heterocycles. The number of nitrogens with zero attached hydrogens (tertiary/aromatic N) is 2. The molecule has 1 heterocycles. The van der Waals surface area contributed by atoms with Crippen molar-refractivity contribution in [2.24, 2.45) is 0 Å². The zero-order chi connectivity index (χ0) is 13.8. The smallest absolute Gasteiger partial charge is 0.197 e. The molecule has 1 aromatic heterocycles. The first-order chi connectivity index (χ1) is 9.19. The van der Waals surface area contributed by atoms with Crippen molar-refractivity contribution in [3.63, 3.8) is 0 Å². The molecule has 2 rings (SSSR count). The van der Waals surface area contributed by atoms with Crippen LogP contribution in [0, 0.1) is 0 Å². The van der Waals surface area contributed by atoms with Crippen molar-refractivity contribution in [2.45, 2.75) is 0 Å². The monoisotopic (exact) mass is 324 g/mol. The minimum absolute atomic E-state index is 0.505. The highest BCUT2D eigenvalue weighted by atomic mass is 79.9. The van der Waals surface area contributed by atoms with Crippen molar-refractivity contribution in [3.05, 3.63) is 29.1 Å². The summed E-state index contributed by atoms with van der Waals surface area (Å²) in [5.41, 5.74) is 1.46. The first kappa shape index (κ1) is 13.6. The largest absolute Gasteiger partial charge is 0.496 e. The number of hydrogen-bond acceptors (Lipinski definition) is 5. The minimum Gasteiger partial charge on any atom is -0.496 e. The molecule has 2 aromatic rings. The molecular formula is C13H13BrN2O3. The molecule has 0 atom stereocenters. The molecule has 0 aliphatic carbocycles. The minimum atomic E-state index is 0.505. The van der Waals surface area contributed by atoms with Gasteiger partial charge in [0.25, 0.3) is 0 Å². The Bertz CT molecular complexity index is 565. The summed E-state index contributed by atoms with van der Waals surface area (Å²) in [6, 6.07) is 5.36. The van der Waals surface area contributed by atoms with Crippen molar-refractivity contribution in [1.82, 2.24) is 9.97 Å². The van der Waals surface area contributed by atoms with E-state index in [0.717, 1.165) is 5.56 Å². The molecule has 5 nitrogen and oxygen atoms in total. The maximum Gasteiger partial charge on any atom is 0.197 e. The van der Waals surface area contributed by atoms with E-state index in [1.54, 1.807) is 45.7 Å². The van der Waals surface area contributed by atoms with Crippen LogP contribution in [0.4, 0.5) is 0 Å². The van der Waals surface area contributed by atoms with Crippen LogP contribution in [0.3, 0.4) is 0 Å². The highest BCUT2D eigenvalue weighted by molar-refractivity contribution is 9.10. The fourth-order valence-electron chi connectivity index (χ4n) is 1.73. The van der Waals surface area contributed by atoms with Gasteiger partial charge in [0.15, 0.2) is 4.73 Å². The summed E-state index contributed by atoms with van der Waals surface area (Å²) in [6.45, 7) is 0. The van der Waals surface area contributed by atoms with Crippen LogP contribution >= 0.6 is 15.9 Å². The quantitative estimate of drug-likeness (QED) is 0.809. The SMILES string of the molecule is COc1cc(OC)c(-c2ccnc(Br)n2)c(OC)c1. The van der Waals surface area contributed by atoms with Crippen molar-refractivity contribution in [3.8, 4) is 28.5 Å². The zero-order valence-electron chi connectivity index (χ0n) is 10.8. The van der Waals surface area contributed by atoms with Crippen LogP contribution in [0.2, 0.25) is 0 Å². The number of halogens is 1. The Morgan fingerprint density at radius 1 is 1.00 bits per heavy atom. The second-order valence-electron chi connectivity index (χ2n) is 3.62. The van der Waals surface area contributed by atoms with Gasteiger partial charge in [-0.3, -0.25) is 0 Å². The Morgan fingerprint density at radius 3 is 2.11 bits per heavy atom. The van der Waals surface area contributed by atoms with Gasteiger partial charge in [0, 0.05) is 18.3 Å². The van der Waals surface area contributed by atoms with Crippen LogP contribution in [-0.4, -0.2) is 31.3 Å². The first-order valence-electron chi connectivity index (χ1n) is 5.48. The Hall–Kier alpha value is -1.82. The first-order valence-corrected chi connectivity index (χ1v) is 6.27. The number of ether oxygens (including phenoxy) is 3. The fraction of sp³-hybridized carbons (Fsp3) is 0.231. The number of aromatic nitrogens is 2. The third-order valence-electron chi connectivity index (χ3n) is 2.60. The molecule has 0 amide bonds. The van der Waals surface area contributed by atoms with Crippen LogP contribution < -0.4 is 14.2 Å². The predicted octanol–water partition coefficient (Wildman–Crippen LogP) is 2.93. The second kappa shape index (κ2) is 5.88. The number of benzene rings is 1. The van der Waals surface area contributed by atoms with E-state index in [4.69, 9.17) is 14.2 Å². The van der Waals surface area contributed by atoms with E-state index in [2.05, 4.69) is 25.9 Å². The summed E-state index contributed by atoms with van der Waals surface area (Å²) in [4.78, 5) is 8.33. The molecule has 0 saturated carbocycles. The second-order valence-corrected chi connectivity index (χ2v) is 4.33. The molecule has 100 valence electrons. The lowest BCUT2D eigenvalue weighted by Crippen LogP contribution is -1.97. The Kier molecular flexibility index (Phi) is 4.21. The lowest BCUT2D eigenvalue weighted by molar-refractivity contribution is 0.377. The Balaban J connectivity index is 2.66. The molecule has 0 N–H and O–H groups in total. The van der Waals surface area contributed by atoms with Gasteiger partial charge in [-0.25, -0.2) is 9.97 Å². The molecule has 1 aromatic carbocycles. The Labute approximate surface area is 119 Å². The maximum atomic E-state index is 5.39. The molecule has 0 fully saturated rings. The third-order valence-corrected chi connectivity index (χ3v) is 2.98. The van der Waals surface area contributed by atoms with Gasteiger partial charge < -0.3 is 14.2 Å². The molecule has 0 bridgehead atoms. The average Bonchev–Trinajstić information content (AvgIpc) is 2.45. The molecule has 0 unspecified atom stereocenters. The van der Waals surface area contributed by atoms with Crippen LogP contribution in [0.15, 0.2) is 29.1 Å². The molecule has 0 aliphatic heterocycles. The molecule has 0 spiro atoms. The molecule has 19 heavy (non-hydrogen) atoms. The summed E-state index contributed by atoms with van der Waals surface area (Å²) in [7, 11) is 4.77. The van der Waals surface area contributed by atoms with Gasteiger partial charge in [-0.15, -0.1) is 0 Å². The standard InChI is InChI=1S/C13H13BrN2O3/c1-17-8-6-10(18-2)12(11(7-8)19-3)9-4-5-15-13(14)16-9/h4-7H,1-3H3. The zero-order valence-corrected chi connectivity index (χ0v) is 12.4. The maximum absolute atomic E-state index is 5.39. The summed E-state index contributed by atoms with van der Waals surface area (Å²) >= 11 is 3.25. The summed E-state index contributed by atoms with van der Waals surface area (Å²) < 4.78 is 16.5. The van der Waals surface area contributed by atoms with E-state index < -0.39 is 0 Å². The lowest BCUT2D eigenvalue weighted by Gasteiger charge is -2.14. The van der Waals surface area contributed by atoms with Gasteiger partial charge >= 0.3 is 0 Å². The normalized spacial score (nSPS) is 10.1. The topological polar surface area (TPSA) is 53.5 Å². The highest BCUT2D eigenvalue weighted by Gasteiger charge is 2.16. The van der Waals surface area contributed by atoms with Crippen molar-refractivity contribution < 1.29 is 14.2 Å². The third kappa shape index (κ3) is 2.78. The summed E-state index contributed by atoms with van der Waals surface area (Å²) in [5, 5.41) is 0. The molecule has 0 aliphatic rings. The van der Waals surface area contributed by atoms with Crippen LogP contribution in [0.1, 0.15) is 0 Å². The van der Waals surface area contributed by atoms with Gasteiger partial charge in [-0.05, 0) is 22.0 Å². The van der Waals surface area contributed by atoms with Gasteiger partial charge in [0.1, 0.15) is 17.2 Å². The van der Waals surface area contributed by atoms with Crippen molar-refractivity contribution in [1.29, 1.82) is 0 Å². The van der Waals surface area contributed by atoms with E-state index in [9.17, 15) is 0 Å². The van der Waals surface area contributed by atoms with Gasteiger partial charge in [-0.2, -0.15) is 0 Å². The van der Waals surface area contributed by atoms with Crippen LogP contribution in [-0.2, 0) is 0 Å². The number of hydrogen-bond donors (Lipinski definition) is 0. The van der Waals surface area contributed by atoms with E-state index in [1.807, 2.05) is 0 Å². The average molecular weight is 325 g/mol.